The van der Waals surface area contributed by atoms with Crippen molar-refractivity contribution in [2.24, 2.45) is 0 Å². The van der Waals surface area contributed by atoms with Gasteiger partial charge in [-0.25, -0.2) is 4.79 Å². The van der Waals surface area contributed by atoms with E-state index in [2.05, 4.69) is 15.9 Å². The lowest BCUT2D eigenvalue weighted by Crippen LogP contribution is -2.46. The summed E-state index contributed by atoms with van der Waals surface area (Å²) in [5, 5.41) is 0. The first-order valence-corrected chi connectivity index (χ1v) is 9.07. The molecule has 0 aliphatic carbocycles. The number of hydrogen-bond acceptors (Lipinski definition) is 4. The van der Waals surface area contributed by atoms with E-state index in [9.17, 15) is 9.59 Å². The van der Waals surface area contributed by atoms with Crippen LogP contribution in [0.2, 0.25) is 0 Å². The Balaban J connectivity index is 1.79. The zero-order valence-electron chi connectivity index (χ0n) is 14.1. The van der Waals surface area contributed by atoms with Gasteiger partial charge in [-0.3, -0.25) is 4.79 Å². The van der Waals surface area contributed by atoms with Gasteiger partial charge in [-0.2, -0.15) is 0 Å². The first kappa shape index (κ1) is 16.8. The number of carbonyl (C=O) groups excluding carboxylic acids is 2. The van der Waals surface area contributed by atoms with Crippen LogP contribution in [0.3, 0.4) is 0 Å². The van der Waals surface area contributed by atoms with Crippen molar-refractivity contribution in [3.8, 4) is 5.75 Å². The standard InChI is InChI=1S/C20H16BrNO4/c1-25-14-8-6-13(7-9-14)12-22-18(23)16-4-2-3-5-17(16)20(22)10-15(11-21)26-19(20)24/h2-9,11H,10,12H2,1H3/b15-11+. The van der Waals surface area contributed by atoms with Gasteiger partial charge in [0, 0.05) is 29.1 Å². The minimum atomic E-state index is -1.12. The van der Waals surface area contributed by atoms with Crippen molar-refractivity contribution >= 4 is 27.8 Å². The van der Waals surface area contributed by atoms with Crippen LogP contribution in [-0.4, -0.2) is 23.9 Å². The molecule has 0 saturated carbocycles. The smallest absolute Gasteiger partial charge is 0.342 e. The van der Waals surface area contributed by atoms with Gasteiger partial charge in [-0.15, -0.1) is 0 Å². The Labute approximate surface area is 159 Å². The molecule has 1 unspecified atom stereocenters. The van der Waals surface area contributed by atoms with Gasteiger partial charge in [0.25, 0.3) is 5.91 Å². The average molecular weight is 414 g/mol. The molecule has 2 aromatic carbocycles. The van der Waals surface area contributed by atoms with E-state index in [1.165, 1.54) is 0 Å². The number of halogens is 1. The average Bonchev–Trinajstić information content (AvgIpc) is 3.13. The Bertz CT molecular complexity index is 922. The molecular formula is C20H16BrNO4. The maximum atomic E-state index is 13.1. The molecule has 5 nitrogen and oxygen atoms in total. The van der Waals surface area contributed by atoms with Crippen LogP contribution in [0.4, 0.5) is 0 Å². The number of nitrogens with zero attached hydrogens (tertiary/aromatic N) is 1. The van der Waals surface area contributed by atoms with E-state index in [1.807, 2.05) is 42.5 Å². The molecule has 2 heterocycles. The molecule has 6 heteroatoms. The molecule has 2 aliphatic heterocycles. The number of ether oxygens (including phenoxy) is 2. The zero-order valence-corrected chi connectivity index (χ0v) is 15.7. The highest BCUT2D eigenvalue weighted by molar-refractivity contribution is 9.11. The summed E-state index contributed by atoms with van der Waals surface area (Å²) >= 11 is 3.24. The SMILES string of the molecule is COc1ccc(CN2C(=O)c3ccccc3C23C/C(=C\Br)OC3=O)cc1. The number of carbonyl (C=O) groups is 2. The summed E-state index contributed by atoms with van der Waals surface area (Å²) < 4.78 is 10.6. The topological polar surface area (TPSA) is 55.8 Å². The molecule has 0 bridgehead atoms. The number of fused-ring (bicyclic) bond motifs is 2. The van der Waals surface area contributed by atoms with Crippen LogP contribution in [0.25, 0.3) is 0 Å². The Kier molecular flexibility index (Phi) is 4.07. The van der Waals surface area contributed by atoms with Crippen LogP contribution >= 0.6 is 15.9 Å². The summed E-state index contributed by atoms with van der Waals surface area (Å²) in [7, 11) is 1.60. The van der Waals surface area contributed by atoms with Crippen molar-refractivity contribution in [3.63, 3.8) is 0 Å². The molecule has 132 valence electrons. The normalized spacial score (nSPS) is 22.8. The summed E-state index contributed by atoms with van der Waals surface area (Å²) in [4.78, 5) is 29.2. The fourth-order valence-electron chi connectivity index (χ4n) is 3.65. The van der Waals surface area contributed by atoms with Gasteiger partial charge in [0.2, 0.25) is 0 Å². The number of cyclic esters (lactones) is 1. The highest BCUT2D eigenvalue weighted by Crippen LogP contribution is 2.49. The molecule has 0 aromatic heterocycles. The van der Waals surface area contributed by atoms with Crippen molar-refractivity contribution in [3.05, 3.63) is 76.0 Å². The van der Waals surface area contributed by atoms with E-state index in [4.69, 9.17) is 9.47 Å². The van der Waals surface area contributed by atoms with Gasteiger partial charge in [0.15, 0.2) is 5.54 Å². The first-order valence-electron chi connectivity index (χ1n) is 8.16. The highest BCUT2D eigenvalue weighted by atomic mass is 79.9. The molecule has 1 fully saturated rings. The summed E-state index contributed by atoms with van der Waals surface area (Å²) in [5.74, 6) is 0.669. The fraction of sp³-hybridized carbons (Fsp3) is 0.200. The minimum absolute atomic E-state index is 0.163. The Morgan fingerprint density at radius 1 is 1.19 bits per heavy atom. The molecule has 1 saturated heterocycles. The van der Waals surface area contributed by atoms with E-state index in [0.29, 0.717) is 29.9 Å². The maximum Gasteiger partial charge on any atom is 0.342 e. The third-order valence-electron chi connectivity index (χ3n) is 4.92. The Morgan fingerprint density at radius 3 is 2.58 bits per heavy atom. The van der Waals surface area contributed by atoms with Gasteiger partial charge in [0.05, 0.1) is 7.11 Å². The molecular weight excluding hydrogens is 398 g/mol. The van der Waals surface area contributed by atoms with Gasteiger partial charge in [-0.05, 0) is 23.8 Å². The van der Waals surface area contributed by atoms with E-state index >= 15 is 0 Å². The van der Waals surface area contributed by atoms with Crippen molar-refractivity contribution in [1.82, 2.24) is 4.90 Å². The zero-order chi connectivity index (χ0) is 18.3. The second-order valence-corrected chi connectivity index (χ2v) is 6.74. The highest BCUT2D eigenvalue weighted by Gasteiger charge is 2.60. The Hall–Kier alpha value is -2.60. The molecule has 1 atom stereocenters. The third-order valence-corrected chi connectivity index (χ3v) is 5.43. The predicted octanol–water partition coefficient (Wildman–Crippen LogP) is 3.73. The monoisotopic (exact) mass is 413 g/mol. The number of benzene rings is 2. The summed E-state index contributed by atoms with van der Waals surface area (Å²) in [6.45, 7) is 0.308. The number of esters is 1. The van der Waals surface area contributed by atoms with Crippen molar-refractivity contribution in [1.29, 1.82) is 0 Å². The molecule has 2 aliphatic rings. The molecule has 1 spiro atoms. The van der Waals surface area contributed by atoms with E-state index < -0.39 is 11.5 Å². The number of hydrogen-bond donors (Lipinski definition) is 0. The van der Waals surface area contributed by atoms with Crippen molar-refractivity contribution in [2.75, 3.05) is 7.11 Å². The lowest BCUT2D eigenvalue weighted by atomic mass is 9.87. The van der Waals surface area contributed by atoms with Crippen molar-refractivity contribution in [2.45, 2.75) is 18.5 Å². The maximum absolute atomic E-state index is 13.1. The van der Waals surface area contributed by atoms with E-state index in [0.717, 1.165) is 11.3 Å². The lowest BCUT2D eigenvalue weighted by Gasteiger charge is -2.31. The predicted molar refractivity (Wildman–Crippen MR) is 98.7 cm³/mol. The van der Waals surface area contributed by atoms with E-state index in [-0.39, 0.29) is 5.91 Å². The number of methoxy groups -OCH3 is 1. The molecule has 0 N–H and O–H groups in total. The summed E-state index contributed by atoms with van der Waals surface area (Å²) in [6.07, 6.45) is 0.315. The lowest BCUT2D eigenvalue weighted by molar-refractivity contribution is -0.145. The molecule has 4 rings (SSSR count). The summed E-state index contributed by atoms with van der Waals surface area (Å²) in [5.41, 5.74) is 1.05. The van der Waals surface area contributed by atoms with Gasteiger partial charge in [-0.1, -0.05) is 46.3 Å². The van der Waals surface area contributed by atoms with Gasteiger partial charge in [0.1, 0.15) is 11.5 Å². The van der Waals surface area contributed by atoms with Crippen LogP contribution in [0.1, 0.15) is 27.9 Å². The largest absolute Gasteiger partial charge is 0.497 e. The van der Waals surface area contributed by atoms with Crippen LogP contribution in [-0.2, 0) is 21.6 Å². The second-order valence-electron chi connectivity index (χ2n) is 6.29. The van der Waals surface area contributed by atoms with Gasteiger partial charge < -0.3 is 14.4 Å². The molecule has 2 aromatic rings. The third kappa shape index (κ3) is 2.36. The van der Waals surface area contributed by atoms with Crippen LogP contribution in [0.15, 0.2) is 59.3 Å². The first-order chi connectivity index (χ1) is 12.6. The van der Waals surface area contributed by atoms with Crippen LogP contribution in [0.5, 0.6) is 5.75 Å². The molecule has 1 amide bonds. The molecule has 26 heavy (non-hydrogen) atoms. The summed E-state index contributed by atoms with van der Waals surface area (Å²) in [6, 6.07) is 14.7. The van der Waals surface area contributed by atoms with Crippen LogP contribution in [0, 0.1) is 0 Å². The molecule has 0 radical (unpaired) electrons. The minimum Gasteiger partial charge on any atom is -0.497 e. The van der Waals surface area contributed by atoms with Crippen molar-refractivity contribution < 1.29 is 19.1 Å². The number of amides is 1. The second kappa shape index (κ2) is 6.29. The fourth-order valence-corrected chi connectivity index (χ4v) is 3.91. The van der Waals surface area contributed by atoms with Gasteiger partial charge >= 0.3 is 5.97 Å². The van der Waals surface area contributed by atoms with Crippen LogP contribution < -0.4 is 4.74 Å². The quantitative estimate of drug-likeness (QED) is 0.719. The van der Waals surface area contributed by atoms with E-state index in [1.54, 1.807) is 23.1 Å². The Morgan fingerprint density at radius 2 is 1.92 bits per heavy atom. The number of rotatable bonds is 3.